The number of benzene rings is 2. The fraction of sp³-hybridized carbons (Fsp3) is 0.381. The molecule has 138 valence electrons. The van der Waals surface area contributed by atoms with Gasteiger partial charge in [0.2, 0.25) is 0 Å². The van der Waals surface area contributed by atoms with E-state index in [1.807, 2.05) is 38.1 Å². The van der Waals surface area contributed by atoms with Crippen LogP contribution in [-0.2, 0) is 9.53 Å². The van der Waals surface area contributed by atoms with Crippen LogP contribution in [0.15, 0.2) is 48.5 Å². The predicted octanol–water partition coefficient (Wildman–Crippen LogP) is 3.09. The van der Waals surface area contributed by atoms with Crippen molar-refractivity contribution in [3.05, 3.63) is 59.7 Å². The minimum Gasteiger partial charge on any atom is -0.484 e. The molecule has 1 aliphatic rings. The number of aryl methyl sites for hydroxylation is 1. The third-order valence-corrected chi connectivity index (χ3v) is 4.54. The second-order valence-electron chi connectivity index (χ2n) is 6.58. The molecule has 0 radical (unpaired) electrons. The number of carbonyl (C=O) groups is 1. The highest BCUT2D eigenvalue weighted by Gasteiger charge is 2.13. The number of rotatable bonds is 6. The Balaban J connectivity index is 1.49. The predicted molar refractivity (Wildman–Crippen MR) is 103 cm³/mol. The van der Waals surface area contributed by atoms with Crippen molar-refractivity contribution in [3.8, 4) is 5.75 Å². The Morgan fingerprint density at radius 2 is 1.77 bits per heavy atom. The monoisotopic (exact) mass is 354 g/mol. The summed E-state index contributed by atoms with van der Waals surface area (Å²) in [5.74, 6) is 0.573. The van der Waals surface area contributed by atoms with Crippen molar-refractivity contribution >= 4 is 11.6 Å². The van der Waals surface area contributed by atoms with Crippen LogP contribution in [0, 0.1) is 6.92 Å². The van der Waals surface area contributed by atoms with Gasteiger partial charge in [-0.2, -0.15) is 0 Å². The Morgan fingerprint density at radius 3 is 2.42 bits per heavy atom. The lowest BCUT2D eigenvalue weighted by Gasteiger charge is -2.29. The van der Waals surface area contributed by atoms with Gasteiger partial charge in [0.05, 0.1) is 19.3 Å². The highest BCUT2D eigenvalue weighted by molar-refractivity contribution is 5.78. The lowest BCUT2D eigenvalue weighted by molar-refractivity contribution is -0.123. The maximum atomic E-state index is 12.1. The van der Waals surface area contributed by atoms with Gasteiger partial charge in [0.1, 0.15) is 5.75 Å². The second-order valence-corrected chi connectivity index (χ2v) is 6.58. The number of morpholine rings is 1. The van der Waals surface area contributed by atoms with Gasteiger partial charge < -0.3 is 19.7 Å². The molecular weight excluding hydrogens is 328 g/mol. The van der Waals surface area contributed by atoms with E-state index in [1.54, 1.807) is 0 Å². The van der Waals surface area contributed by atoms with E-state index in [0.29, 0.717) is 5.75 Å². The number of nitrogens with one attached hydrogen (secondary N) is 1. The van der Waals surface area contributed by atoms with E-state index in [4.69, 9.17) is 9.47 Å². The van der Waals surface area contributed by atoms with Crippen molar-refractivity contribution in [1.82, 2.24) is 5.32 Å². The van der Waals surface area contributed by atoms with Crippen LogP contribution in [0.2, 0.25) is 0 Å². The van der Waals surface area contributed by atoms with Crippen molar-refractivity contribution in [3.63, 3.8) is 0 Å². The van der Waals surface area contributed by atoms with Crippen molar-refractivity contribution in [2.24, 2.45) is 0 Å². The van der Waals surface area contributed by atoms with Gasteiger partial charge in [-0.25, -0.2) is 0 Å². The fourth-order valence-corrected chi connectivity index (χ4v) is 2.95. The van der Waals surface area contributed by atoms with Crippen molar-refractivity contribution in [1.29, 1.82) is 0 Å². The van der Waals surface area contributed by atoms with E-state index >= 15 is 0 Å². The zero-order chi connectivity index (χ0) is 18.4. The van der Waals surface area contributed by atoms with Gasteiger partial charge in [-0.05, 0) is 43.7 Å². The van der Waals surface area contributed by atoms with E-state index in [-0.39, 0.29) is 18.6 Å². The summed E-state index contributed by atoms with van der Waals surface area (Å²) in [5.41, 5.74) is 3.43. The van der Waals surface area contributed by atoms with Crippen LogP contribution in [0.25, 0.3) is 0 Å². The Morgan fingerprint density at radius 1 is 1.12 bits per heavy atom. The van der Waals surface area contributed by atoms with E-state index in [2.05, 4.69) is 34.5 Å². The summed E-state index contributed by atoms with van der Waals surface area (Å²) in [7, 11) is 0. The van der Waals surface area contributed by atoms with Gasteiger partial charge in [0.15, 0.2) is 6.61 Å². The fourth-order valence-electron chi connectivity index (χ4n) is 2.95. The molecule has 2 aromatic rings. The van der Waals surface area contributed by atoms with Crippen LogP contribution in [-0.4, -0.2) is 38.8 Å². The average Bonchev–Trinajstić information content (AvgIpc) is 2.68. The van der Waals surface area contributed by atoms with Crippen LogP contribution in [0.1, 0.15) is 24.1 Å². The largest absolute Gasteiger partial charge is 0.484 e. The number of amides is 1. The molecule has 0 saturated carbocycles. The molecule has 5 nitrogen and oxygen atoms in total. The van der Waals surface area contributed by atoms with Gasteiger partial charge in [0.25, 0.3) is 5.91 Å². The first-order chi connectivity index (χ1) is 12.6. The molecule has 1 aliphatic heterocycles. The molecule has 2 aromatic carbocycles. The molecular formula is C21H26N2O3. The number of ether oxygens (including phenoxy) is 2. The Hall–Kier alpha value is -2.53. The number of carbonyl (C=O) groups excluding carboxylic acids is 1. The normalized spacial score (nSPS) is 15.4. The molecule has 0 aromatic heterocycles. The third-order valence-electron chi connectivity index (χ3n) is 4.54. The van der Waals surface area contributed by atoms with E-state index in [0.717, 1.165) is 37.4 Å². The standard InChI is InChI=1S/C21H26N2O3/c1-16-3-9-20(10-4-16)26-15-21(24)22-17(2)18-5-7-19(8-6-18)23-11-13-25-14-12-23/h3-10,17H,11-15H2,1-2H3,(H,22,24)/t17-/m1/s1. The van der Waals surface area contributed by atoms with E-state index in [1.165, 1.54) is 5.69 Å². The number of hydrogen-bond donors (Lipinski definition) is 1. The second kappa shape index (κ2) is 8.72. The van der Waals surface area contributed by atoms with Gasteiger partial charge in [-0.3, -0.25) is 4.79 Å². The Kier molecular flexibility index (Phi) is 6.12. The molecule has 26 heavy (non-hydrogen) atoms. The summed E-state index contributed by atoms with van der Waals surface area (Å²) in [5, 5.41) is 2.98. The lowest BCUT2D eigenvalue weighted by Crippen LogP contribution is -2.36. The maximum absolute atomic E-state index is 12.1. The van der Waals surface area contributed by atoms with Crippen molar-refractivity contribution in [2.75, 3.05) is 37.8 Å². The van der Waals surface area contributed by atoms with Crippen LogP contribution in [0.3, 0.4) is 0 Å². The van der Waals surface area contributed by atoms with Gasteiger partial charge in [0, 0.05) is 18.8 Å². The highest BCUT2D eigenvalue weighted by Crippen LogP contribution is 2.20. The molecule has 3 rings (SSSR count). The summed E-state index contributed by atoms with van der Waals surface area (Å²) in [6.45, 7) is 7.39. The Bertz CT molecular complexity index is 707. The maximum Gasteiger partial charge on any atom is 0.258 e. The zero-order valence-electron chi connectivity index (χ0n) is 15.4. The van der Waals surface area contributed by atoms with Crippen LogP contribution < -0.4 is 15.0 Å². The molecule has 1 atom stereocenters. The molecule has 1 fully saturated rings. The summed E-state index contributed by atoms with van der Waals surface area (Å²) >= 11 is 0. The SMILES string of the molecule is Cc1ccc(OCC(=O)N[C@H](C)c2ccc(N3CCOCC3)cc2)cc1. The minimum atomic E-state index is -0.129. The average molecular weight is 354 g/mol. The van der Waals surface area contributed by atoms with E-state index in [9.17, 15) is 4.79 Å². The molecule has 5 heteroatoms. The first-order valence-corrected chi connectivity index (χ1v) is 9.03. The molecule has 0 aliphatic carbocycles. The summed E-state index contributed by atoms with van der Waals surface area (Å²) in [6.07, 6.45) is 0. The van der Waals surface area contributed by atoms with Crippen LogP contribution in [0.4, 0.5) is 5.69 Å². The van der Waals surface area contributed by atoms with Crippen molar-refractivity contribution < 1.29 is 14.3 Å². The van der Waals surface area contributed by atoms with E-state index < -0.39 is 0 Å². The number of nitrogens with zero attached hydrogens (tertiary/aromatic N) is 1. The lowest BCUT2D eigenvalue weighted by atomic mass is 10.1. The first-order valence-electron chi connectivity index (χ1n) is 9.03. The highest BCUT2D eigenvalue weighted by atomic mass is 16.5. The quantitative estimate of drug-likeness (QED) is 0.866. The summed E-state index contributed by atoms with van der Waals surface area (Å²) in [4.78, 5) is 14.4. The third kappa shape index (κ3) is 4.99. The number of hydrogen-bond acceptors (Lipinski definition) is 4. The smallest absolute Gasteiger partial charge is 0.258 e. The van der Waals surface area contributed by atoms with Gasteiger partial charge in [-0.1, -0.05) is 29.8 Å². The Labute approximate surface area is 154 Å². The van der Waals surface area contributed by atoms with Crippen LogP contribution in [0.5, 0.6) is 5.75 Å². The summed E-state index contributed by atoms with van der Waals surface area (Å²) in [6, 6.07) is 15.9. The van der Waals surface area contributed by atoms with Gasteiger partial charge in [-0.15, -0.1) is 0 Å². The molecule has 1 amide bonds. The summed E-state index contributed by atoms with van der Waals surface area (Å²) < 4.78 is 10.9. The first kappa shape index (κ1) is 18.3. The van der Waals surface area contributed by atoms with Crippen molar-refractivity contribution in [2.45, 2.75) is 19.9 Å². The zero-order valence-corrected chi connectivity index (χ0v) is 15.4. The molecule has 1 N–H and O–H groups in total. The minimum absolute atomic E-state index is 0.0132. The van der Waals surface area contributed by atoms with Crippen LogP contribution >= 0.6 is 0 Å². The molecule has 0 bridgehead atoms. The van der Waals surface area contributed by atoms with Gasteiger partial charge >= 0.3 is 0 Å². The topological polar surface area (TPSA) is 50.8 Å². The molecule has 0 spiro atoms. The molecule has 1 heterocycles. The number of anilines is 1. The molecule has 0 unspecified atom stereocenters. The molecule has 1 saturated heterocycles.